The molecule has 3 aromatic rings. The molecule has 8 heteroatoms. The van der Waals surface area contributed by atoms with Gasteiger partial charge in [-0.15, -0.1) is 11.3 Å². The largest absolute Gasteiger partial charge is 0.452 e. The molecule has 1 unspecified atom stereocenters. The summed E-state index contributed by atoms with van der Waals surface area (Å²) < 4.78 is 18.3. The maximum Gasteiger partial charge on any atom is 0.340 e. The van der Waals surface area contributed by atoms with Crippen LogP contribution >= 0.6 is 34.5 Å². The van der Waals surface area contributed by atoms with Gasteiger partial charge in [0.1, 0.15) is 5.82 Å². The minimum atomic E-state index is -0.753. The van der Waals surface area contributed by atoms with Gasteiger partial charge in [-0.1, -0.05) is 41.4 Å². The van der Waals surface area contributed by atoms with Crippen LogP contribution in [0.1, 0.15) is 26.8 Å². The molecule has 0 saturated heterocycles. The average Bonchev–Trinajstić information content (AvgIpc) is 3.21. The monoisotopic (exact) mass is 437 g/mol. The number of ether oxygens (including phenoxy) is 1. The third-order valence-electron chi connectivity index (χ3n) is 3.82. The number of halogens is 3. The lowest BCUT2D eigenvalue weighted by Gasteiger charge is -2.18. The molecule has 1 atom stereocenters. The number of esters is 1. The maximum absolute atomic E-state index is 13.2. The molecular formula is C20H14Cl2FNO3S. The second-order valence-electron chi connectivity index (χ2n) is 5.77. The first kappa shape index (κ1) is 20.3. The van der Waals surface area contributed by atoms with Gasteiger partial charge in [-0.05, 0) is 47.3 Å². The van der Waals surface area contributed by atoms with E-state index in [1.54, 1.807) is 18.2 Å². The summed E-state index contributed by atoms with van der Waals surface area (Å²) in [5.74, 6) is -1.63. The SMILES string of the molecule is O=C(COC(=O)c1cc(Cl)ccc1Cl)NC(c1ccc(F)cc1)c1cccs1. The number of amides is 1. The first-order valence-corrected chi connectivity index (χ1v) is 9.78. The third kappa shape index (κ3) is 5.10. The quantitative estimate of drug-likeness (QED) is 0.535. The van der Waals surface area contributed by atoms with Crippen LogP contribution in [0.25, 0.3) is 0 Å². The fourth-order valence-corrected chi connectivity index (χ4v) is 3.66. The van der Waals surface area contributed by atoms with Crippen molar-refractivity contribution in [2.75, 3.05) is 6.61 Å². The zero-order chi connectivity index (χ0) is 20.1. The van der Waals surface area contributed by atoms with Gasteiger partial charge in [0, 0.05) is 9.90 Å². The highest BCUT2D eigenvalue weighted by atomic mass is 35.5. The Labute approximate surface area is 174 Å². The molecule has 0 aliphatic rings. The van der Waals surface area contributed by atoms with Crippen LogP contribution < -0.4 is 5.32 Å². The van der Waals surface area contributed by atoms with Gasteiger partial charge in [-0.25, -0.2) is 9.18 Å². The highest BCUT2D eigenvalue weighted by Gasteiger charge is 2.20. The Bertz CT molecular complexity index is 978. The summed E-state index contributed by atoms with van der Waals surface area (Å²) in [5.41, 5.74) is 0.789. The Morgan fingerprint density at radius 3 is 2.54 bits per heavy atom. The first-order valence-electron chi connectivity index (χ1n) is 8.14. The van der Waals surface area contributed by atoms with Crippen molar-refractivity contribution >= 4 is 46.4 Å². The Balaban J connectivity index is 1.68. The second kappa shape index (κ2) is 9.19. The number of nitrogens with one attached hydrogen (secondary N) is 1. The molecule has 0 aliphatic carbocycles. The summed E-state index contributed by atoms with van der Waals surface area (Å²) in [4.78, 5) is 25.4. The highest BCUT2D eigenvalue weighted by molar-refractivity contribution is 7.10. The van der Waals surface area contributed by atoms with Crippen LogP contribution in [-0.2, 0) is 9.53 Å². The van der Waals surface area contributed by atoms with Crippen molar-refractivity contribution in [1.29, 1.82) is 0 Å². The van der Waals surface area contributed by atoms with E-state index in [2.05, 4.69) is 5.32 Å². The topological polar surface area (TPSA) is 55.4 Å². The zero-order valence-electron chi connectivity index (χ0n) is 14.3. The van der Waals surface area contributed by atoms with Crippen LogP contribution in [0.3, 0.4) is 0 Å². The molecule has 0 radical (unpaired) electrons. The molecule has 2 aromatic carbocycles. The van der Waals surface area contributed by atoms with Gasteiger partial charge in [-0.3, -0.25) is 4.79 Å². The van der Waals surface area contributed by atoms with Gasteiger partial charge in [0.2, 0.25) is 0 Å². The minimum absolute atomic E-state index is 0.0790. The number of rotatable bonds is 6. The number of hydrogen-bond donors (Lipinski definition) is 1. The normalized spacial score (nSPS) is 11.7. The zero-order valence-corrected chi connectivity index (χ0v) is 16.7. The third-order valence-corrected chi connectivity index (χ3v) is 5.32. The maximum atomic E-state index is 13.2. The van der Waals surface area contributed by atoms with Gasteiger partial charge >= 0.3 is 5.97 Å². The van der Waals surface area contributed by atoms with Gasteiger partial charge < -0.3 is 10.1 Å². The molecule has 28 heavy (non-hydrogen) atoms. The Kier molecular flexibility index (Phi) is 6.67. The summed E-state index contributed by atoms with van der Waals surface area (Å²) in [6.45, 7) is -0.495. The lowest BCUT2D eigenvalue weighted by atomic mass is 10.1. The molecule has 1 aromatic heterocycles. The number of benzene rings is 2. The predicted molar refractivity (Wildman–Crippen MR) is 107 cm³/mol. The van der Waals surface area contributed by atoms with E-state index in [9.17, 15) is 14.0 Å². The van der Waals surface area contributed by atoms with E-state index in [0.29, 0.717) is 10.6 Å². The summed E-state index contributed by atoms with van der Waals surface area (Å²) in [7, 11) is 0. The summed E-state index contributed by atoms with van der Waals surface area (Å²) in [5, 5.41) is 5.18. The van der Waals surface area contributed by atoms with Crippen molar-refractivity contribution in [1.82, 2.24) is 5.32 Å². The van der Waals surface area contributed by atoms with Gasteiger partial charge in [0.25, 0.3) is 5.91 Å². The predicted octanol–water partition coefficient (Wildman–Crippen LogP) is 5.26. The molecule has 0 aliphatic heterocycles. The van der Waals surface area contributed by atoms with Crippen LogP contribution in [0.15, 0.2) is 60.0 Å². The smallest absolute Gasteiger partial charge is 0.340 e. The Morgan fingerprint density at radius 2 is 1.86 bits per heavy atom. The van der Waals surface area contributed by atoms with Crippen molar-refractivity contribution in [3.8, 4) is 0 Å². The lowest BCUT2D eigenvalue weighted by Crippen LogP contribution is -2.32. The summed E-state index contributed by atoms with van der Waals surface area (Å²) in [6, 6.07) is 13.4. The van der Waals surface area contributed by atoms with Crippen molar-refractivity contribution in [2.24, 2.45) is 0 Å². The molecule has 0 fully saturated rings. The summed E-state index contributed by atoms with van der Waals surface area (Å²) in [6.07, 6.45) is 0. The fourth-order valence-electron chi connectivity index (χ4n) is 2.49. The molecule has 0 saturated carbocycles. The minimum Gasteiger partial charge on any atom is -0.452 e. The molecule has 144 valence electrons. The highest BCUT2D eigenvalue weighted by Crippen LogP contribution is 2.26. The molecule has 0 spiro atoms. The van der Waals surface area contributed by atoms with E-state index in [0.717, 1.165) is 4.88 Å². The number of thiophene rings is 1. The van der Waals surface area contributed by atoms with E-state index < -0.39 is 24.5 Å². The van der Waals surface area contributed by atoms with Crippen LogP contribution in [0.5, 0.6) is 0 Å². The van der Waals surface area contributed by atoms with E-state index >= 15 is 0 Å². The molecule has 4 nitrogen and oxygen atoms in total. The molecular weight excluding hydrogens is 424 g/mol. The molecule has 1 heterocycles. The standard InChI is InChI=1S/C20H14Cl2FNO3S/c21-13-5-8-16(22)15(10-13)20(26)27-11-18(25)24-19(17-2-1-9-28-17)12-3-6-14(23)7-4-12/h1-10,19H,11H2,(H,24,25). The van der Waals surface area contributed by atoms with Crippen LogP contribution in [0.2, 0.25) is 10.0 Å². The van der Waals surface area contributed by atoms with Crippen molar-refractivity contribution in [3.05, 3.63) is 91.8 Å². The van der Waals surface area contributed by atoms with Gasteiger partial charge in [-0.2, -0.15) is 0 Å². The van der Waals surface area contributed by atoms with Gasteiger partial charge in [0.15, 0.2) is 6.61 Å². The Morgan fingerprint density at radius 1 is 1.11 bits per heavy atom. The lowest BCUT2D eigenvalue weighted by molar-refractivity contribution is -0.124. The van der Waals surface area contributed by atoms with Crippen LogP contribution in [0.4, 0.5) is 4.39 Å². The summed E-state index contributed by atoms with van der Waals surface area (Å²) >= 11 is 13.3. The van der Waals surface area contributed by atoms with E-state index in [-0.39, 0.29) is 16.4 Å². The van der Waals surface area contributed by atoms with E-state index in [1.165, 1.54) is 35.6 Å². The van der Waals surface area contributed by atoms with Crippen molar-refractivity contribution in [3.63, 3.8) is 0 Å². The average molecular weight is 438 g/mol. The van der Waals surface area contributed by atoms with E-state index in [1.807, 2.05) is 17.5 Å². The van der Waals surface area contributed by atoms with Gasteiger partial charge in [0.05, 0.1) is 16.6 Å². The molecule has 0 bridgehead atoms. The van der Waals surface area contributed by atoms with Crippen LogP contribution in [-0.4, -0.2) is 18.5 Å². The molecule has 1 N–H and O–H groups in total. The first-order chi connectivity index (χ1) is 13.4. The molecule has 1 amide bonds. The molecule has 3 rings (SSSR count). The second-order valence-corrected chi connectivity index (χ2v) is 7.59. The number of hydrogen-bond acceptors (Lipinski definition) is 4. The number of carbonyl (C=O) groups is 2. The van der Waals surface area contributed by atoms with Crippen LogP contribution in [0, 0.1) is 5.82 Å². The Hall–Kier alpha value is -2.41. The number of carbonyl (C=O) groups excluding carboxylic acids is 2. The van der Waals surface area contributed by atoms with E-state index in [4.69, 9.17) is 27.9 Å². The van der Waals surface area contributed by atoms with Crippen molar-refractivity contribution in [2.45, 2.75) is 6.04 Å². The van der Waals surface area contributed by atoms with Crippen molar-refractivity contribution < 1.29 is 18.7 Å². The fraction of sp³-hybridized carbons (Fsp3) is 0.100.